The molecule has 1 N–H and O–H groups in total. The standard InChI is InChI=1S/C19H18ClF2N5O2S/c1-3-27-18(11(2)29-15-7-6-12(21)9-13(15)22)25-26-19(27)30-10-16(28)24-14-5-4-8-23-17(14)20/h4-9,11H,3,10H2,1-2H3,(H,24,28). The van der Waals surface area contributed by atoms with Crippen LogP contribution in [0, 0.1) is 11.6 Å². The van der Waals surface area contributed by atoms with Gasteiger partial charge in [0, 0.05) is 18.8 Å². The van der Waals surface area contributed by atoms with E-state index in [0.717, 1.165) is 12.1 Å². The third-order valence-corrected chi connectivity index (χ3v) is 5.26. The van der Waals surface area contributed by atoms with Crippen LogP contribution in [0.25, 0.3) is 0 Å². The van der Waals surface area contributed by atoms with E-state index < -0.39 is 17.7 Å². The first-order valence-corrected chi connectivity index (χ1v) is 10.3. The summed E-state index contributed by atoms with van der Waals surface area (Å²) in [6.45, 7) is 4.09. The van der Waals surface area contributed by atoms with Gasteiger partial charge in [-0.25, -0.2) is 13.8 Å². The quantitative estimate of drug-likeness (QED) is 0.399. The highest BCUT2D eigenvalue weighted by molar-refractivity contribution is 7.99. The summed E-state index contributed by atoms with van der Waals surface area (Å²) < 4.78 is 34.3. The van der Waals surface area contributed by atoms with Crippen molar-refractivity contribution in [1.82, 2.24) is 19.7 Å². The Balaban J connectivity index is 1.66. The molecule has 0 fully saturated rings. The molecular weight excluding hydrogens is 436 g/mol. The van der Waals surface area contributed by atoms with Gasteiger partial charge < -0.3 is 14.6 Å². The molecule has 0 radical (unpaired) electrons. The molecule has 0 bridgehead atoms. The Bertz CT molecular complexity index is 1050. The molecule has 7 nitrogen and oxygen atoms in total. The molecule has 1 amide bonds. The lowest BCUT2D eigenvalue weighted by molar-refractivity contribution is -0.113. The molecule has 3 rings (SSSR count). The fourth-order valence-electron chi connectivity index (χ4n) is 2.61. The van der Waals surface area contributed by atoms with Gasteiger partial charge in [0.05, 0.1) is 11.4 Å². The minimum Gasteiger partial charge on any atom is -0.480 e. The molecule has 1 unspecified atom stereocenters. The average Bonchev–Trinajstić information content (AvgIpc) is 3.13. The number of aromatic nitrogens is 4. The van der Waals surface area contributed by atoms with Crippen LogP contribution in [0.15, 0.2) is 41.7 Å². The van der Waals surface area contributed by atoms with Gasteiger partial charge in [-0.05, 0) is 38.1 Å². The van der Waals surface area contributed by atoms with Crippen molar-refractivity contribution in [2.75, 3.05) is 11.1 Å². The number of amides is 1. The van der Waals surface area contributed by atoms with Crippen molar-refractivity contribution in [3.63, 3.8) is 0 Å². The number of anilines is 1. The number of halogens is 3. The SMILES string of the molecule is CCn1c(SCC(=O)Nc2cccnc2Cl)nnc1C(C)Oc1ccc(F)cc1F. The molecule has 0 saturated carbocycles. The lowest BCUT2D eigenvalue weighted by Gasteiger charge is -2.16. The van der Waals surface area contributed by atoms with E-state index >= 15 is 0 Å². The molecule has 2 aromatic heterocycles. The fourth-order valence-corrected chi connectivity index (χ4v) is 3.59. The van der Waals surface area contributed by atoms with Gasteiger partial charge in [-0.3, -0.25) is 4.79 Å². The third-order valence-electron chi connectivity index (χ3n) is 3.99. The van der Waals surface area contributed by atoms with Crippen molar-refractivity contribution in [1.29, 1.82) is 0 Å². The highest BCUT2D eigenvalue weighted by Gasteiger charge is 2.21. The van der Waals surface area contributed by atoms with Crippen LogP contribution in [0.2, 0.25) is 5.15 Å². The summed E-state index contributed by atoms with van der Waals surface area (Å²) in [6, 6.07) is 6.40. The number of carbonyl (C=O) groups excluding carboxylic acids is 1. The Morgan fingerprint density at radius 2 is 2.13 bits per heavy atom. The van der Waals surface area contributed by atoms with E-state index in [2.05, 4.69) is 20.5 Å². The predicted molar refractivity (Wildman–Crippen MR) is 110 cm³/mol. The Kier molecular flexibility index (Phi) is 7.22. The Morgan fingerprint density at radius 1 is 1.33 bits per heavy atom. The second-order valence-electron chi connectivity index (χ2n) is 6.10. The maximum Gasteiger partial charge on any atom is 0.234 e. The molecule has 1 aromatic carbocycles. The molecule has 30 heavy (non-hydrogen) atoms. The summed E-state index contributed by atoms with van der Waals surface area (Å²) in [7, 11) is 0. The number of hydrogen-bond donors (Lipinski definition) is 1. The number of thioether (sulfide) groups is 1. The number of ether oxygens (including phenoxy) is 1. The van der Waals surface area contributed by atoms with Crippen LogP contribution in [0.1, 0.15) is 25.8 Å². The van der Waals surface area contributed by atoms with Crippen molar-refractivity contribution >= 4 is 35.0 Å². The number of pyridine rings is 1. The van der Waals surface area contributed by atoms with Gasteiger partial charge in [0.15, 0.2) is 33.8 Å². The molecule has 0 saturated heterocycles. The zero-order chi connectivity index (χ0) is 21.7. The van der Waals surface area contributed by atoms with E-state index in [-0.39, 0.29) is 22.6 Å². The van der Waals surface area contributed by atoms with Crippen molar-refractivity contribution in [3.05, 3.63) is 59.1 Å². The van der Waals surface area contributed by atoms with E-state index in [9.17, 15) is 13.6 Å². The van der Waals surface area contributed by atoms with Crippen molar-refractivity contribution in [2.45, 2.75) is 31.7 Å². The Labute approximate surface area is 180 Å². The third kappa shape index (κ3) is 5.25. The topological polar surface area (TPSA) is 81.9 Å². The smallest absolute Gasteiger partial charge is 0.234 e. The highest BCUT2D eigenvalue weighted by Crippen LogP contribution is 2.27. The Morgan fingerprint density at radius 3 is 2.83 bits per heavy atom. The van der Waals surface area contributed by atoms with Gasteiger partial charge in [-0.2, -0.15) is 0 Å². The molecule has 158 valence electrons. The van der Waals surface area contributed by atoms with Crippen molar-refractivity contribution < 1.29 is 18.3 Å². The maximum absolute atomic E-state index is 13.9. The largest absolute Gasteiger partial charge is 0.480 e. The van der Waals surface area contributed by atoms with E-state index in [1.165, 1.54) is 24.0 Å². The number of hydrogen-bond acceptors (Lipinski definition) is 6. The first-order chi connectivity index (χ1) is 14.4. The zero-order valence-electron chi connectivity index (χ0n) is 16.1. The summed E-state index contributed by atoms with van der Waals surface area (Å²) in [6.07, 6.45) is 0.883. The lowest BCUT2D eigenvalue weighted by atomic mass is 10.3. The van der Waals surface area contributed by atoms with Gasteiger partial charge in [-0.15, -0.1) is 10.2 Å². The zero-order valence-corrected chi connectivity index (χ0v) is 17.7. The highest BCUT2D eigenvalue weighted by atomic mass is 35.5. The monoisotopic (exact) mass is 453 g/mol. The average molecular weight is 454 g/mol. The molecule has 0 aliphatic carbocycles. The molecular formula is C19H18ClF2N5O2S. The number of rotatable bonds is 8. The summed E-state index contributed by atoms with van der Waals surface area (Å²) >= 11 is 7.13. The number of nitrogens with one attached hydrogen (secondary N) is 1. The molecule has 0 aliphatic rings. The van der Waals surface area contributed by atoms with Crippen LogP contribution in [0.4, 0.5) is 14.5 Å². The van der Waals surface area contributed by atoms with Crippen LogP contribution >= 0.6 is 23.4 Å². The first kappa shape index (κ1) is 22.0. The van der Waals surface area contributed by atoms with Crippen LogP contribution in [-0.2, 0) is 11.3 Å². The first-order valence-electron chi connectivity index (χ1n) is 8.97. The fraction of sp³-hybridized carbons (Fsp3) is 0.263. The molecule has 0 aliphatic heterocycles. The minimum atomic E-state index is -0.801. The molecule has 0 spiro atoms. The van der Waals surface area contributed by atoms with E-state index in [1.807, 2.05) is 6.92 Å². The molecule has 11 heteroatoms. The van der Waals surface area contributed by atoms with Crippen LogP contribution in [0.5, 0.6) is 5.75 Å². The second kappa shape index (κ2) is 9.86. The minimum absolute atomic E-state index is 0.0746. The summed E-state index contributed by atoms with van der Waals surface area (Å²) in [4.78, 5) is 16.1. The summed E-state index contributed by atoms with van der Waals surface area (Å²) in [5, 5.41) is 11.6. The van der Waals surface area contributed by atoms with Gasteiger partial charge in [-0.1, -0.05) is 23.4 Å². The van der Waals surface area contributed by atoms with Crippen LogP contribution < -0.4 is 10.1 Å². The molecule has 3 aromatic rings. The summed E-state index contributed by atoms with van der Waals surface area (Å²) in [5.41, 5.74) is 0.422. The van der Waals surface area contributed by atoms with E-state index in [1.54, 1.807) is 23.6 Å². The van der Waals surface area contributed by atoms with E-state index in [4.69, 9.17) is 16.3 Å². The van der Waals surface area contributed by atoms with Gasteiger partial charge in [0.1, 0.15) is 5.82 Å². The predicted octanol–water partition coefficient (Wildman–Crippen LogP) is 4.50. The normalized spacial score (nSPS) is 11.9. The number of carbonyl (C=O) groups is 1. The van der Waals surface area contributed by atoms with Gasteiger partial charge >= 0.3 is 0 Å². The van der Waals surface area contributed by atoms with Crippen LogP contribution in [0.3, 0.4) is 0 Å². The Hall–Kier alpha value is -2.72. The molecule has 1 atom stereocenters. The van der Waals surface area contributed by atoms with Crippen molar-refractivity contribution in [2.24, 2.45) is 0 Å². The van der Waals surface area contributed by atoms with E-state index in [0.29, 0.717) is 23.2 Å². The molecule has 2 heterocycles. The second-order valence-corrected chi connectivity index (χ2v) is 7.40. The number of benzene rings is 1. The van der Waals surface area contributed by atoms with Crippen LogP contribution in [-0.4, -0.2) is 31.4 Å². The van der Waals surface area contributed by atoms with Gasteiger partial charge in [0.2, 0.25) is 5.91 Å². The maximum atomic E-state index is 13.9. The van der Waals surface area contributed by atoms with Crippen molar-refractivity contribution in [3.8, 4) is 5.75 Å². The summed E-state index contributed by atoms with van der Waals surface area (Å²) in [5.74, 6) is -1.32. The number of nitrogens with zero attached hydrogens (tertiary/aromatic N) is 4. The lowest BCUT2D eigenvalue weighted by Crippen LogP contribution is -2.16. The van der Waals surface area contributed by atoms with Gasteiger partial charge in [0.25, 0.3) is 0 Å².